The Balaban J connectivity index is 1.69. The molecule has 0 spiro atoms. The summed E-state index contributed by atoms with van der Waals surface area (Å²) >= 11 is 0. The third-order valence-corrected chi connectivity index (χ3v) is 3.75. The monoisotopic (exact) mass is 279 g/mol. The predicted octanol–water partition coefficient (Wildman–Crippen LogP) is 5.04. The molecule has 0 unspecified atom stereocenters. The van der Waals surface area contributed by atoms with Crippen molar-refractivity contribution in [3.8, 4) is 5.75 Å². The second kappa shape index (κ2) is 5.28. The zero-order chi connectivity index (χ0) is 14.9. The molecule has 0 atom stereocenters. The van der Waals surface area contributed by atoms with Crippen LogP contribution in [0.5, 0.6) is 5.75 Å². The largest absolute Gasteiger partial charge is 0.489 e. The van der Waals surface area contributed by atoms with Gasteiger partial charge in [0.2, 0.25) is 0 Å². The standard InChI is InChI=1S/C19H21NO/c1-19(2,3)16-6-4-14(5-7-16)13-21-17-8-9-18-15(12-17)10-11-20-18/h4-12,20H,13H2,1-3H3. The molecule has 0 amide bonds. The first-order valence-corrected chi connectivity index (χ1v) is 7.32. The van der Waals surface area contributed by atoms with Gasteiger partial charge in [0.15, 0.2) is 0 Å². The van der Waals surface area contributed by atoms with Crippen molar-refractivity contribution in [1.29, 1.82) is 0 Å². The van der Waals surface area contributed by atoms with Gasteiger partial charge in [0.05, 0.1) is 0 Å². The number of hydrogen-bond donors (Lipinski definition) is 1. The Hall–Kier alpha value is -2.22. The van der Waals surface area contributed by atoms with E-state index in [1.165, 1.54) is 16.5 Å². The zero-order valence-corrected chi connectivity index (χ0v) is 12.8. The van der Waals surface area contributed by atoms with Gasteiger partial charge in [-0.3, -0.25) is 0 Å². The van der Waals surface area contributed by atoms with Gasteiger partial charge in [-0.15, -0.1) is 0 Å². The molecule has 1 heterocycles. The minimum atomic E-state index is 0.193. The van der Waals surface area contributed by atoms with Crippen LogP contribution in [0.25, 0.3) is 10.9 Å². The van der Waals surface area contributed by atoms with E-state index in [2.05, 4.69) is 62.2 Å². The molecule has 0 aliphatic heterocycles. The summed E-state index contributed by atoms with van der Waals surface area (Å²) in [6.45, 7) is 7.28. The van der Waals surface area contributed by atoms with E-state index < -0.39 is 0 Å². The van der Waals surface area contributed by atoms with Gasteiger partial charge in [-0.1, -0.05) is 45.0 Å². The SMILES string of the molecule is CC(C)(C)c1ccc(COc2ccc3[nH]ccc3c2)cc1. The first-order chi connectivity index (χ1) is 10.0. The molecule has 0 saturated carbocycles. The van der Waals surface area contributed by atoms with Crippen LogP contribution in [-0.4, -0.2) is 4.98 Å². The minimum Gasteiger partial charge on any atom is -0.489 e. The fourth-order valence-corrected chi connectivity index (χ4v) is 2.39. The van der Waals surface area contributed by atoms with E-state index in [1.54, 1.807) is 0 Å². The van der Waals surface area contributed by atoms with Crippen LogP contribution < -0.4 is 4.74 Å². The lowest BCUT2D eigenvalue weighted by Crippen LogP contribution is -2.10. The molecule has 0 bridgehead atoms. The van der Waals surface area contributed by atoms with Crippen LogP contribution in [0.15, 0.2) is 54.7 Å². The van der Waals surface area contributed by atoms with Crippen molar-refractivity contribution in [2.24, 2.45) is 0 Å². The molecule has 0 aliphatic carbocycles. The molecule has 2 nitrogen and oxygen atoms in total. The van der Waals surface area contributed by atoms with Gasteiger partial charge in [0, 0.05) is 17.1 Å². The first kappa shape index (κ1) is 13.7. The summed E-state index contributed by atoms with van der Waals surface area (Å²) < 4.78 is 5.88. The van der Waals surface area contributed by atoms with Gasteiger partial charge >= 0.3 is 0 Å². The summed E-state index contributed by atoms with van der Waals surface area (Å²) in [5.74, 6) is 0.905. The topological polar surface area (TPSA) is 25.0 Å². The third kappa shape index (κ3) is 3.10. The molecule has 2 aromatic carbocycles. The Bertz CT molecular complexity index is 732. The average molecular weight is 279 g/mol. The second-order valence-corrected chi connectivity index (χ2v) is 6.46. The lowest BCUT2D eigenvalue weighted by atomic mass is 9.87. The van der Waals surface area contributed by atoms with Crippen LogP contribution in [-0.2, 0) is 12.0 Å². The molecule has 21 heavy (non-hydrogen) atoms. The number of fused-ring (bicyclic) bond motifs is 1. The molecule has 108 valence electrons. The maximum absolute atomic E-state index is 5.88. The van der Waals surface area contributed by atoms with Gasteiger partial charge in [0.25, 0.3) is 0 Å². The summed E-state index contributed by atoms with van der Waals surface area (Å²) in [7, 11) is 0. The summed E-state index contributed by atoms with van der Waals surface area (Å²) in [6.07, 6.45) is 1.94. The fraction of sp³-hybridized carbons (Fsp3) is 0.263. The number of aromatic amines is 1. The Morgan fingerprint density at radius 2 is 1.71 bits per heavy atom. The zero-order valence-electron chi connectivity index (χ0n) is 12.8. The Morgan fingerprint density at radius 3 is 2.43 bits per heavy atom. The van der Waals surface area contributed by atoms with E-state index in [0.717, 1.165) is 11.3 Å². The van der Waals surface area contributed by atoms with Gasteiger partial charge in [-0.05, 0) is 40.8 Å². The van der Waals surface area contributed by atoms with E-state index >= 15 is 0 Å². The number of rotatable bonds is 3. The number of nitrogens with one attached hydrogen (secondary N) is 1. The van der Waals surface area contributed by atoms with Crippen molar-refractivity contribution < 1.29 is 4.74 Å². The molecule has 1 aromatic heterocycles. The van der Waals surface area contributed by atoms with Crippen molar-refractivity contribution in [1.82, 2.24) is 4.98 Å². The van der Waals surface area contributed by atoms with E-state index in [4.69, 9.17) is 4.74 Å². The van der Waals surface area contributed by atoms with Crippen molar-refractivity contribution in [3.05, 3.63) is 65.9 Å². The molecule has 1 N–H and O–H groups in total. The molecule has 3 rings (SSSR count). The number of H-pyrrole nitrogens is 1. The smallest absolute Gasteiger partial charge is 0.120 e. The molecular formula is C19H21NO. The maximum Gasteiger partial charge on any atom is 0.120 e. The lowest BCUT2D eigenvalue weighted by molar-refractivity contribution is 0.306. The third-order valence-electron chi connectivity index (χ3n) is 3.75. The highest BCUT2D eigenvalue weighted by molar-refractivity contribution is 5.80. The Kier molecular flexibility index (Phi) is 3.46. The van der Waals surface area contributed by atoms with E-state index in [0.29, 0.717) is 6.61 Å². The van der Waals surface area contributed by atoms with E-state index in [9.17, 15) is 0 Å². The molecule has 0 aliphatic rings. The fourth-order valence-electron chi connectivity index (χ4n) is 2.39. The highest BCUT2D eigenvalue weighted by Gasteiger charge is 2.12. The second-order valence-electron chi connectivity index (χ2n) is 6.46. The van der Waals surface area contributed by atoms with Crippen LogP contribution in [0.1, 0.15) is 31.9 Å². The molecule has 0 saturated heterocycles. The Morgan fingerprint density at radius 1 is 0.952 bits per heavy atom. The van der Waals surface area contributed by atoms with Gasteiger partial charge in [-0.25, -0.2) is 0 Å². The predicted molar refractivity (Wildman–Crippen MR) is 87.8 cm³/mol. The van der Waals surface area contributed by atoms with Crippen LogP contribution in [0.3, 0.4) is 0 Å². The number of benzene rings is 2. The van der Waals surface area contributed by atoms with Crippen molar-refractivity contribution in [2.45, 2.75) is 32.8 Å². The molecular weight excluding hydrogens is 258 g/mol. The minimum absolute atomic E-state index is 0.193. The number of hydrogen-bond acceptors (Lipinski definition) is 1. The summed E-state index contributed by atoms with van der Waals surface area (Å²) in [5.41, 5.74) is 3.87. The van der Waals surface area contributed by atoms with Crippen molar-refractivity contribution >= 4 is 10.9 Å². The molecule has 2 heteroatoms. The normalized spacial score (nSPS) is 11.8. The molecule has 3 aromatic rings. The average Bonchev–Trinajstić information content (AvgIpc) is 2.92. The highest BCUT2D eigenvalue weighted by Crippen LogP contribution is 2.23. The lowest BCUT2D eigenvalue weighted by Gasteiger charge is -2.19. The number of ether oxygens (including phenoxy) is 1. The number of aromatic nitrogens is 1. The van der Waals surface area contributed by atoms with E-state index in [1.807, 2.05) is 18.3 Å². The van der Waals surface area contributed by atoms with Crippen molar-refractivity contribution in [3.63, 3.8) is 0 Å². The van der Waals surface area contributed by atoms with Gasteiger partial charge in [-0.2, -0.15) is 0 Å². The summed E-state index contributed by atoms with van der Waals surface area (Å²) in [6, 6.07) is 16.8. The Labute approximate surface area is 125 Å². The van der Waals surface area contributed by atoms with Gasteiger partial charge < -0.3 is 9.72 Å². The van der Waals surface area contributed by atoms with Crippen LogP contribution in [0.2, 0.25) is 0 Å². The van der Waals surface area contributed by atoms with Crippen molar-refractivity contribution in [2.75, 3.05) is 0 Å². The highest BCUT2D eigenvalue weighted by atomic mass is 16.5. The maximum atomic E-state index is 5.88. The van der Waals surface area contributed by atoms with Crippen LogP contribution in [0.4, 0.5) is 0 Å². The summed E-state index contributed by atoms with van der Waals surface area (Å²) in [4.78, 5) is 3.19. The van der Waals surface area contributed by atoms with Crippen LogP contribution in [0, 0.1) is 0 Å². The first-order valence-electron chi connectivity index (χ1n) is 7.32. The summed E-state index contributed by atoms with van der Waals surface area (Å²) in [5, 5.41) is 1.18. The molecule has 0 radical (unpaired) electrons. The van der Waals surface area contributed by atoms with Crippen LogP contribution >= 0.6 is 0 Å². The van der Waals surface area contributed by atoms with Gasteiger partial charge in [0.1, 0.15) is 12.4 Å². The quantitative estimate of drug-likeness (QED) is 0.713. The molecule has 0 fully saturated rings. The van der Waals surface area contributed by atoms with E-state index in [-0.39, 0.29) is 5.41 Å².